The fraction of sp³-hybridized carbons (Fsp3) is 0.423. The first kappa shape index (κ1) is 23.9. The quantitative estimate of drug-likeness (QED) is 0.480. The van der Waals surface area contributed by atoms with Gasteiger partial charge in [-0.1, -0.05) is 24.3 Å². The van der Waals surface area contributed by atoms with Crippen molar-refractivity contribution < 1.29 is 28.5 Å². The summed E-state index contributed by atoms with van der Waals surface area (Å²) in [5, 5.41) is 2.85. The van der Waals surface area contributed by atoms with Crippen molar-refractivity contribution >= 4 is 17.8 Å². The average molecular weight is 495 g/mol. The van der Waals surface area contributed by atoms with Gasteiger partial charge in [-0.2, -0.15) is 0 Å². The van der Waals surface area contributed by atoms with E-state index in [2.05, 4.69) is 21.2 Å². The van der Waals surface area contributed by atoms with Crippen LogP contribution in [-0.2, 0) is 20.9 Å². The number of benzene rings is 2. The lowest BCUT2D eigenvalue weighted by Crippen LogP contribution is -2.57. The van der Waals surface area contributed by atoms with E-state index in [0.717, 1.165) is 36.7 Å². The van der Waals surface area contributed by atoms with Gasteiger partial charge in [-0.05, 0) is 30.7 Å². The number of esters is 1. The molecule has 2 atom stereocenters. The summed E-state index contributed by atoms with van der Waals surface area (Å²) >= 11 is 0. The number of piperazine rings is 1. The lowest BCUT2D eigenvalue weighted by molar-refractivity contribution is -0.153. The molecule has 0 bridgehead atoms. The number of aliphatic imine (C=N–C) groups is 1. The Bertz CT molecular complexity index is 1160. The van der Waals surface area contributed by atoms with Crippen LogP contribution in [0.25, 0.3) is 0 Å². The van der Waals surface area contributed by atoms with E-state index >= 15 is 0 Å². The minimum absolute atomic E-state index is 0.184. The van der Waals surface area contributed by atoms with Gasteiger partial charge in [0.1, 0.15) is 11.8 Å². The highest BCUT2D eigenvalue weighted by molar-refractivity contribution is 6.08. The van der Waals surface area contributed by atoms with Crippen molar-refractivity contribution in [3.8, 4) is 17.2 Å². The second-order valence-electron chi connectivity index (χ2n) is 8.81. The molecule has 3 aliphatic heterocycles. The number of guanidine groups is 1. The van der Waals surface area contributed by atoms with Crippen molar-refractivity contribution in [3.63, 3.8) is 0 Å². The second-order valence-corrected chi connectivity index (χ2v) is 8.81. The van der Waals surface area contributed by atoms with Gasteiger partial charge in [0.05, 0.1) is 13.7 Å². The Morgan fingerprint density at radius 1 is 1.11 bits per heavy atom. The third kappa shape index (κ3) is 4.81. The van der Waals surface area contributed by atoms with Gasteiger partial charge >= 0.3 is 5.97 Å². The number of carbonyl (C=O) groups is 2. The van der Waals surface area contributed by atoms with Gasteiger partial charge in [-0.3, -0.25) is 19.8 Å². The van der Waals surface area contributed by atoms with Crippen LogP contribution in [0.15, 0.2) is 47.5 Å². The minimum atomic E-state index is -1.09. The SMILES string of the molecule is CCOC(=O)[C@H]1C(=O)NC(N2CCN(Cc3ccc4c(c3)OCO4)CC2)=N[C@H]1c1ccccc1OC. The maximum Gasteiger partial charge on any atom is 0.321 e. The largest absolute Gasteiger partial charge is 0.496 e. The van der Waals surface area contributed by atoms with Crippen molar-refractivity contribution in [2.24, 2.45) is 10.9 Å². The molecule has 1 saturated heterocycles. The molecule has 2 aromatic carbocycles. The minimum Gasteiger partial charge on any atom is -0.496 e. The number of hydrogen-bond donors (Lipinski definition) is 1. The van der Waals surface area contributed by atoms with Crippen LogP contribution >= 0.6 is 0 Å². The molecule has 36 heavy (non-hydrogen) atoms. The first-order valence-corrected chi connectivity index (χ1v) is 12.1. The van der Waals surface area contributed by atoms with Crippen LogP contribution in [0.4, 0.5) is 0 Å². The number of carbonyl (C=O) groups excluding carboxylic acids is 2. The fourth-order valence-corrected chi connectivity index (χ4v) is 4.77. The maximum atomic E-state index is 13.2. The fourth-order valence-electron chi connectivity index (χ4n) is 4.77. The van der Waals surface area contributed by atoms with E-state index in [1.165, 1.54) is 0 Å². The summed E-state index contributed by atoms with van der Waals surface area (Å²) in [6.45, 7) is 5.92. The lowest BCUT2D eigenvalue weighted by atomic mass is 9.90. The van der Waals surface area contributed by atoms with E-state index < -0.39 is 23.8 Å². The zero-order chi connectivity index (χ0) is 25.1. The predicted octanol–water partition coefficient (Wildman–Crippen LogP) is 1.95. The molecule has 3 aliphatic rings. The summed E-state index contributed by atoms with van der Waals surface area (Å²) in [5.74, 6) is 0.503. The van der Waals surface area contributed by atoms with Gasteiger partial charge in [0.25, 0.3) is 0 Å². The number of ether oxygens (including phenoxy) is 4. The predicted molar refractivity (Wildman–Crippen MR) is 131 cm³/mol. The molecule has 0 unspecified atom stereocenters. The molecule has 3 heterocycles. The molecule has 0 saturated carbocycles. The van der Waals surface area contributed by atoms with Crippen LogP contribution in [0, 0.1) is 5.92 Å². The topological polar surface area (TPSA) is 102 Å². The standard InChI is InChI=1S/C26H30N4O6/c1-3-34-25(32)22-23(18-6-4-5-7-19(18)33-2)27-26(28-24(22)31)30-12-10-29(11-13-30)15-17-8-9-20-21(14-17)36-16-35-20/h4-9,14,22-23H,3,10-13,15-16H2,1-2H3,(H,27,28,31)/t22-,23+/m1/s1. The highest BCUT2D eigenvalue weighted by Gasteiger charge is 2.43. The Labute approximate surface area is 209 Å². The zero-order valence-electron chi connectivity index (χ0n) is 20.4. The molecule has 0 spiro atoms. The summed E-state index contributed by atoms with van der Waals surface area (Å²) in [4.78, 5) is 35.1. The smallest absolute Gasteiger partial charge is 0.321 e. The van der Waals surface area contributed by atoms with Crippen LogP contribution in [0.3, 0.4) is 0 Å². The van der Waals surface area contributed by atoms with Crippen LogP contribution in [0.1, 0.15) is 24.1 Å². The molecule has 1 N–H and O–H groups in total. The summed E-state index contributed by atoms with van der Waals surface area (Å²) in [6.07, 6.45) is 0. The number of rotatable bonds is 6. The lowest BCUT2D eigenvalue weighted by Gasteiger charge is -2.39. The van der Waals surface area contributed by atoms with E-state index in [1.54, 1.807) is 20.1 Å². The van der Waals surface area contributed by atoms with Gasteiger partial charge < -0.3 is 23.8 Å². The number of methoxy groups -OCH3 is 1. The monoisotopic (exact) mass is 494 g/mol. The molecule has 10 nitrogen and oxygen atoms in total. The summed E-state index contributed by atoms with van der Waals surface area (Å²) in [6, 6.07) is 12.6. The molecule has 10 heteroatoms. The number of fused-ring (bicyclic) bond motifs is 1. The molecular weight excluding hydrogens is 464 g/mol. The Hall–Kier alpha value is -3.79. The number of amides is 1. The van der Waals surface area contributed by atoms with E-state index in [1.807, 2.05) is 30.3 Å². The van der Waals surface area contributed by atoms with E-state index in [0.29, 0.717) is 30.4 Å². The highest BCUT2D eigenvalue weighted by Crippen LogP contribution is 2.36. The van der Waals surface area contributed by atoms with Crippen molar-refractivity contribution in [1.29, 1.82) is 0 Å². The Morgan fingerprint density at radius 3 is 2.67 bits per heavy atom. The zero-order valence-corrected chi connectivity index (χ0v) is 20.4. The molecule has 0 aliphatic carbocycles. The summed E-state index contributed by atoms with van der Waals surface area (Å²) in [7, 11) is 1.56. The number of hydrogen-bond acceptors (Lipinski definition) is 9. The Balaban J connectivity index is 1.32. The highest BCUT2D eigenvalue weighted by atomic mass is 16.7. The third-order valence-corrected chi connectivity index (χ3v) is 6.61. The molecule has 0 radical (unpaired) electrons. The van der Waals surface area contributed by atoms with Crippen molar-refractivity contribution in [1.82, 2.24) is 15.1 Å². The molecule has 5 rings (SSSR count). The number of para-hydroxylation sites is 1. The van der Waals surface area contributed by atoms with Gasteiger partial charge in [0.2, 0.25) is 18.7 Å². The van der Waals surface area contributed by atoms with Crippen LogP contribution < -0.4 is 19.5 Å². The van der Waals surface area contributed by atoms with E-state index in [9.17, 15) is 9.59 Å². The van der Waals surface area contributed by atoms with E-state index in [4.69, 9.17) is 23.9 Å². The Kier molecular flexibility index (Phi) is 6.95. The third-order valence-electron chi connectivity index (χ3n) is 6.61. The molecule has 190 valence electrons. The average Bonchev–Trinajstić information content (AvgIpc) is 3.37. The van der Waals surface area contributed by atoms with Crippen LogP contribution in [0.5, 0.6) is 17.2 Å². The summed E-state index contributed by atoms with van der Waals surface area (Å²) < 4.78 is 21.6. The molecule has 2 aromatic rings. The van der Waals surface area contributed by atoms with Gasteiger partial charge in [-0.25, -0.2) is 4.99 Å². The Morgan fingerprint density at radius 2 is 1.89 bits per heavy atom. The van der Waals surface area contributed by atoms with E-state index in [-0.39, 0.29) is 13.4 Å². The molecular formula is C26H30N4O6. The summed E-state index contributed by atoms with van der Waals surface area (Å²) in [5.41, 5.74) is 1.83. The van der Waals surface area contributed by atoms with Crippen molar-refractivity contribution in [2.45, 2.75) is 19.5 Å². The molecule has 1 fully saturated rings. The van der Waals surface area contributed by atoms with Gasteiger partial charge in [-0.15, -0.1) is 0 Å². The second kappa shape index (κ2) is 10.4. The van der Waals surface area contributed by atoms with Crippen molar-refractivity contribution in [2.75, 3.05) is 46.7 Å². The van der Waals surface area contributed by atoms with Crippen molar-refractivity contribution in [3.05, 3.63) is 53.6 Å². The van der Waals surface area contributed by atoms with Crippen LogP contribution in [-0.4, -0.2) is 74.3 Å². The molecule has 0 aromatic heterocycles. The first-order valence-electron chi connectivity index (χ1n) is 12.1. The number of nitrogens with zero attached hydrogens (tertiary/aromatic N) is 3. The first-order chi connectivity index (χ1) is 17.6. The maximum absolute atomic E-state index is 13.2. The van der Waals surface area contributed by atoms with Gasteiger partial charge in [0, 0.05) is 38.3 Å². The van der Waals surface area contributed by atoms with Gasteiger partial charge in [0.15, 0.2) is 17.4 Å². The van der Waals surface area contributed by atoms with Crippen LogP contribution in [0.2, 0.25) is 0 Å². The number of nitrogens with one attached hydrogen (secondary N) is 1. The normalized spacial score (nSPS) is 21.6. The molecule has 1 amide bonds.